The number of amides is 1. The number of piperidine rings is 1. The monoisotopic (exact) mass is 277 g/mol. The van der Waals surface area contributed by atoms with Gasteiger partial charge in [0.2, 0.25) is 0 Å². The van der Waals surface area contributed by atoms with Gasteiger partial charge in [-0.3, -0.25) is 4.79 Å². The van der Waals surface area contributed by atoms with Crippen molar-refractivity contribution in [3.63, 3.8) is 0 Å². The number of rotatable bonds is 3. The summed E-state index contributed by atoms with van der Waals surface area (Å²) in [7, 11) is 1.90. The van der Waals surface area contributed by atoms with Gasteiger partial charge in [0.05, 0.1) is 0 Å². The maximum atomic E-state index is 12.6. The van der Waals surface area contributed by atoms with Crippen LogP contribution in [0, 0.1) is 5.41 Å². The zero-order chi connectivity index (χ0) is 14.8. The van der Waals surface area contributed by atoms with E-state index in [1.54, 1.807) is 0 Å². The molecule has 1 aliphatic heterocycles. The van der Waals surface area contributed by atoms with E-state index in [0.717, 1.165) is 38.2 Å². The summed E-state index contributed by atoms with van der Waals surface area (Å²) in [5.74, 6) is 0.128. The van der Waals surface area contributed by atoms with Crippen molar-refractivity contribution >= 4 is 5.91 Å². The maximum absolute atomic E-state index is 12.6. The van der Waals surface area contributed by atoms with Crippen molar-refractivity contribution in [1.82, 2.24) is 14.8 Å². The predicted octanol–water partition coefficient (Wildman–Crippen LogP) is 2.53. The highest BCUT2D eigenvalue weighted by Crippen LogP contribution is 2.23. The fraction of sp³-hybridized carbons (Fsp3) is 0.688. The molecule has 2 heterocycles. The van der Waals surface area contributed by atoms with Gasteiger partial charge in [-0.15, -0.1) is 0 Å². The molecule has 0 atom stereocenters. The second kappa shape index (κ2) is 6.00. The van der Waals surface area contributed by atoms with Gasteiger partial charge in [-0.25, -0.2) is 0 Å². The van der Waals surface area contributed by atoms with E-state index in [4.69, 9.17) is 0 Å². The van der Waals surface area contributed by atoms with Crippen molar-refractivity contribution in [2.45, 2.75) is 39.7 Å². The number of nitrogens with zero attached hydrogens (tertiary/aromatic N) is 2. The van der Waals surface area contributed by atoms with Crippen LogP contribution in [0.15, 0.2) is 18.3 Å². The van der Waals surface area contributed by atoms with Crippen LogP contribution in [-0.4, -0.2) is 42.1 Å². The van der Waals surface area contributed by atoms with Crippen LogP contribution in [0.4, 0.5) is 0 Å². The Morgan fingerprint density at radius 2 is 2.05 bits per heavy atom. The molecule has 1 aromatic heterocycles. The fourth-order valence-electron chi connectivity index (χ4n) is 2.96. The Kier molecular flexibility index (Phi) is 4.53. The van der Waals surface area contributed by atoms with Crippen molar-refractivity contribution in [2.75, 3.05) is 26.7 Å². The van der Waals surface area contributed by atoms with E-state index < -0.39 is 0 Å². The third kappa shape index (κ3) is 3.63. The van der Waals surface area contributed by atoms with Crippen LogP contribution in [0.2, 0.25) is 0 Å². The molecule has 1 saturated heterocycles. The van der Waals surface area contributed by atoms with Gasteiger partial charge in [0.25, 0.3) is 5.91 Å². The number of aromatic nitrogens is 1. The lowest BCUT2D eigenvalue weighted by molar-refractivity contribution is 0.0731. The van der Waals surface area contributed by atoms with E-state index in [9.17, 15) is 4.79 Å². The van der Waals surface area contributed by atoms with Crippen molar-refractivity contribution in [1.29, 1.82) is 0 Å². The lowest BCUT2D eigenvalue weighted by Gasteiger charge is -2.29. The summed E-state index contributed by atoms with van der Waals surface area (Å²) in [6.45, 7) is 9.31. The molecule has 4 heteroatoms. The minimum atomic E-state index is 0.122. The second-order valence-electron chi connectivity index (χ2n) is 7.00. The molecule has 112 valence electrons. The summed E-state index contributed by atoms with van der Waals surface area (Å²) in [6, 6.07) is 4.39. The lowest BCUT2D eigenvalue weighted by Crippen LogP contribution is -2.37. The first-order valence-electron chi connectivity index (χ1n) is 7.51. The molecule has 1 amide bonds. The number of hydrogen-bond acceptors (Lipinski definition) is 2. The Bertz CT molecular complexity index is 453. The molecular weight excluding hydrogens is 250 g/mol. The average Bonchev–Trinajstić information content (AvgIpc) is 2.86. The molecule has 4 nitrogen and oxygen atoms in total. The van der Waals surface area contributed by atoms with Crippen LogP contribution in [0.5, 0.6) is 0 Å². The number of nitrogens with one attached hydrogen (secondary N) is 1. The van der Waals surface area contributed by atoms with Gasteiger partial charge in [-0.05, 0) is 43.5 Å². The van der Waals surface area contributed by atoms with Crippen molar-refractivity contribution in [3.05, 3.63) is 24.0 Å². The Hall–Kier alpha value is -1.29. The number of carbonyl (C=O) groups excluding carboxylic acids is 1. The van der Waals surface area contributed by atoms with Crippen molar-refractivity contribution in [3.8, 4) is 0 Å². The van der Waals surface area contributed by atoms with E-state index in [-0.39, 0.29) is 11.3 Å². The molecule has 0 saturated carbocycles. The molecule has 20 heavy (non-hydrogen) atoms. The molecule has 0 spiro atoms. The second-order valence-corrected chi connectivity index (χ2v) is 7.00. The molecular formula is C16H27N3O. The SMILES string of the molecule is CN(CC(C)(C)C)C(=O)c1cccn1C1CCNCC1. The molecule has 0 aliphatic carbocycles. The smallest absolute Gasteiger partial charge is 0.270 e. The van der Waals surface area contributed by atoms with Crippen LogP contribution in [0.3, 0.4) is 0 Å². The predicted molar refractivity (Wildman–Crippen MR) is 82.0 cm³/mol. The summed E-state index contributed by atoms with van der Waals surface area (Å²) in [6.07, 6.45) is 4.24. The highest BCUT2D eigenvalue weighted by atomic mass is 16.2. The van der Waals surface area contributed by atoms with E-state index in [1.165, 1.54) is 0 Å². The zero-order valence-electron chi connectivity index (χ0n) is 13.1. The Balaban J connectivity index is 2.12. The summed E-state index contributed by atoms with van der Waals surface area (Å²) < 4.78 is 2.17. The fourth-order valence-corrected chi connectivity index (χ4v) is 2.96. The van der Waals surface area contributed by atoms with Crippen molar-refractivity contribution < 1.29 is 4.79 Å². The largest absolute Gasteiger partial charge is 0.340 e. The molecule has 2 rings (SSSR count). The van der Waals surface area contributed by atoms with Crippen LogP contribution in [-0.2, 0) is 0 Å². The number of hydrogen-bond donors (Lipinski definition) is 1. The van der Waals surface area contributed by atoms with Crippen molar-refractivity contribution in [2.24, 2.45) is 5.41 Å². The third-order valence-electron chi connectivity index (χ3n) is 3.76. The molecule has 0 unspecified atom stereocenters. The molecule has 1 N–H and O–H groups in total. The molecule has 1 fully saturated rings. The Morgan fingerprint density at radius 3 is 2.65 bits per heavy atom. The van der Waals surface area contributed by atoms with Gasteiger partial charge >= 0.3 is 0 Å². The third-order valence-corrected chi connectivity index (χ3v) is 3.76. The van der Waals surface area contributed by atoms with Gasteiger partial charge in [0.1, 0.15) is 5.69 Å². The first kappa shape index (κ1) is 15.1. The molecule has 1 aromatic rings. The summed E-state index contributed by atoms with van der Waals surface area (Å²) in [4.78, 5) is 14.5. The first-order valence-corrected chi connectivity index (χ1v) is 7.51. The molecule has 1 aliphatic rings. The number of carbonyl (C=O) groups is 1. The van der Waals surface area contributed by atoms with Crippen LogP contribution < -0.4 is 5.32 Å². The van der Waals surface area contributed by atoms with E-state index in [2.05, 4.69) is 30.7 Å². The van der Waals surface area contributed by atoms with Gasteiger partial charge in [-0.2, -0.15) is 0 Å². The zero-order valence-corrected chi connectivity index (χ0v) is 13.1. The highest BCUT2D eigenvalue weighted by Gasteiger charge is 2.24. The lowest BCUT2D eigenvalue weighted by atomic mass is 9.96. The Morgan fingerprint density at radius 1 is 1.40 bits per heavy atom. The van der Waals surface area contributed by atoms with E-state index in [1.807, 2.05) is 30.3 Å². The average molecular weight is 277 g/mol. The topological polar surface area (TPSA) is 37.3 Å². The maximum Gasteiger partial charge on any atom is 0.270 e. The molecule has 0 radical (unpaired) electrons. The van der Waals surface area contributed by atoms with Crippen LogP contribution in [0.25, 0.3) is 0 Å². The first-order chi connectivity index (χ1) is 9.38. The minimum Gasteiger partial charge on any atom is -0.340 e. The highest BCUT2D eigenvalue weighted by molar-refractivity contribution is 5.92. The van der Waals surface area contributed by atoms with E-state index >= 15 is 0 Å². The van der Waals surface area contributed by atoms with Gasteiger partial charge < -0.3 is 14.8 Å². The normalized spacial score (nSPS) is 17.2. The summed E-state index contributed by atoms with van der Waals surface area (Å²) in [5, 5.41) is 3.37. The Labute approximate surface area is 122 Å². The van der Waals surface area contributed by atoms with Crippen LogP contribution >= 0.6 is 0 Å². The minimum absolute atomic E-state index is 0.122. The standard InChI is InChI=1S/C16H27N3O/c1-16(2,3)12-18(4)15(20)14-6-5-11-19(14)13-7-9-17-10-8-13/h5-6,11,13,17H,7-10,12H2,1-4H3. The van der Waals surface area contributed by atoms with E-state index in [0.29, 0.717) is 6.04 Å². The quantitative estimate of drug-likeness (QED) is 0.922. The molecule has 0 bridgehead atoms. The summed E-state index contributed by atoms with van der Waals surface area (Å²) in [5.41, 5.74) is 0.944. The molecule has 0 aromatic carbocycles. The van der Waals surface area contributed by atoms with Gasteiger partial charge in [0, 0.05) is 25.8 Å². The van der Waals surface area contributed by atoms with Gasteiger partial charge in [-0.1, -0.05) is 20.8 Å². The van der Waals surface area contributed by atoms with Gasteiger partial charge in [0.15, 0.2) is 0 Å². The van der Waals surface area contributed by atoms with Crippen LogP contribution in [0.1, 0.15) is 50.1 Å². The summed E-state index contributed by atoms with van der Waals surface area (Å²) >= 11 is 0.